The highest BCUT2D eigenvalue weighted by molar-refractivity contribution is 9.10. The number of aliphatic hydroxyl groups is 1. The molecule has 2 rings (SSSR count). The second-order valence-electron chi connectivity index (χ2n) is 4.50. The third-order valence-electron chi connectivity index (χ3n) is 2.95. The summed E-state index contributed by atoms with van der Waals surface area (Å²) in [7, 11) is 1.92. The van der Waals surface area contributed by atoms with E-state index in [2.05, 4.69) is 21.2 Å². The number of benzene rings is 2. The van der Waals surface area contributed by atoms with Crippen LogP contribution in [-0.4, -0.2) is 18.8 Å². The lowest BCUT2D eigenvalue weighted by Gasteiger charge is -2.09. The van der Waals surface area contributed by atoms with Gasteiger partial charge in [-0.15, -0.1) is 0 Å². The molecule has 0 bridgehead atoms. The van der Waals surface area contributed by atoms with Gasteiger partial charge in [0.25, 0.3) is 0 Å². The number of halogens is 1. The van der Waals surface area contributed by atoms with Crippen molar-refractivity contribution in [3.8, 4) is 11.5 Å². The molecule has 2 aromatic rings. The lowest BCUT2D eigenvalue weighted by Crippen LogP contribution is -2.05. The fourth-order valence-corrected chi connectivity index (χ4v) is 2.41. The van der Waals surface area contributed by atoms with Crippen LogP contribution in [0.15, 0.2) is 46.9 Å². The van der Waals surface area contributed by atoms with Crippen LogP contribution in [0.2, 0.25) is 0 Å². The zero-order valence-electron chi connectivity index (χ0n) is 11.4. The van der Waals surface area contributed by atoms with E-state index in [9.17, 15) is 0 Å². The molecular formula is C16H18BrNO2. The molecule has 0 spiro atoms. The van der Waals surface area contributed by atoms with Crippen LogP contribution in [0.1, 0.15) is 11.1 Å². The van der Waals surface area contributed by atoms with Crippen molar-refractivity contribution in [2.45, 2.75) is 13.0 Å². The van der Waals surface area contributed by atoms with Crippen molar-refractivity contribution in [1.82, 2.24) is 5.32 Å². The van der Waals surface area contributed by atoms with Gasteiger partial charge in [0, 0.05) is 17.6 Å². The predicted octanol–water partition coefficient (Wildman–Crippen LogP) is 3.50. The van der Waals surface area contributed by atoms with E-state index in [-0.39, 0.29) is 6.61 Å². The number of aliphatic hydroxyl groups excluding tert-OH is 1. The Hall–Kier alpha value is -1.36. The highest BCUT2D eigenvalue weighted by atomic mass is 79.9. The Bertz CT molecular complexity index is 555. The van der Waals surface area contributed by atoms with Crippen molar-refractivity contribution in [2.24, 2.45) is 0 Å². The second kappa shape index (κ2) is 7.43. The number of hydrogen-bond donors (Lipinski definition) is 2. The average Bonchev–Trinajstić information content (AvgIpc) is 2.44. The standard InChI is InChI=1S/C16H18BrNO2/c1-18-11-13-4-7-15(10-16(13)17)20-14-5-2-12(3-6-14)8-9-19/h2-7,10,18-19H,8-9,11H2,1H3. The molecule has 0 atom stereocenters. The van der Waals surface area contributed by atoms with Crippen LogP contribution in [0.3, 0.4) is 0 Å². The minimum atomic E-state index is 0.167. The minimum absolute atomic E-state index is 0.167. The van der Waals surface area contributed by atoms with E-state index in [0.717, 1.165) is 28.1 Å². The summed E-state index contributed by atoms with van der Waals surface area (Å²) in [5, 5.41) is 12.0. The molecule has 0 saturated heterocycles. The van der Waals surface area contributed by atoms with E-state index >= 15 is 0 Å². The maximum Gasteiger partial charge on any atom is 0.128 e. The highest BCUT2D eigenvalue weighted by Crippen LogP contribution is 2.27. The summed E-state index contributed by atoms with van der Waals surface area (Å²) < 4.78 is 6.84. The van der Waals surface area contributed by atoms with Gasteiger partial charge in [-0.25, -0.2) is 0 Å². The first-order valence-electron chi connectivity index (χ1n) is 6.53. The maximum atomic E-state index is 8.88. The first kappa shape index (κ1) is 15.0. The number of ether oxygens (including phenoxy) is 1. The summed E-state index contributed by atoms with van der Waals surface area (Å²) in [6.07, 6.45) is 0.671. The molecule has 0 saturated carbocycles. The van der Waals surface area contributed by atoms with Crippen molar-refractivity contribution in [1.29, 1.82) is 0 Å². The first-order chi connectivity index (χ1) is 9.72. The molecule has 2 N–H and O–H groups in total. The van der Waals surface area contributed by atoms with Crippen LogP contribution >= 0.6 is 15.9 Å². The summed E-state index contributed by atoms with van der Waals surface area (Å²) in [5.41, 5.74) is 2.29. The number of rotatable bonds is 6. The number of nitrogens with one attached hydrogen (secondary N) is 1. The molecular weight excluding hydrogens is 318 g/mol. The van der Waals surface area contributed by atoms with Gasteiger partial charge in [0.05, 0.1) is 0 Å². The van der Waals surface area contributed by atoms with Crippen LogP contribution in [0.4, 0.5) is 0 Å². The molecule has 3 nitrogen and oxygen atoms in total. The maximum absolute atomic E-state index is 8.88. The molecule has 0 radical (unpaired) electrons. The molecule has 0 amide bonds. The molecule has 0 unspecified atom stereocenters. The van der Waals surface area contributed by atoms with Crippen LogP contribution in [0, 0.1) is 0 Å². The van der Waals surface area contributed by atoms with Gasteiger partial charge in [0.1, 0.15) is 11.5 Å². The molecule has 0 fully saturated rings. The van der Waals surface area contributed by atoms with Crippen LogP contribution in [-0.2, 0) is 13.0 Å². The Morgan fingerprint density at radius 1 is 1.10 bits per heavy atom. The lowest BCUT2D eigenvalue weighted by atomic mass is 10.1. The Morgan fingerprint density at radius 3 is 2.40 bits per heavy atom. The molecule has 4 heteroatoms. The van der Waals surface area contributed by atoms with Crippen molar-refractivity contribution < 1.29 is 9.84 Å². The van der Waals surface area contributed by atoms with Crippen molar-refractivity contribution in [3.05, 3.63) is 58.1 Å². The molecule has 0 heterocycles. The van der Waals surface area contributed by atoms with E-state index in [4.69, 9.17) is 9.84 Å². The molecule has 0 aliphatic heterocycles. The molecule has 106 valence electrons. The topological polar surface area (TPSA) is 41.5 Å². The fraction of sp³-hybridized carbons (Fsp3) is 0.250. The quantitative estimate of drug-likeness (QED) is 0.848. The third kappa shape index (κ3) is 4.07. The van der Waals surface area contributed by atoms with E-state index < -0.39 is 0 Å². The zero-order valence-corrected chi connectivity index (χ0v) is 13.0. The lowest BCUT2D eigenvalue weighted by molar-refractivity contribution is 0.299. The molecule has 0 aliphatic rings. The monoisotopic (exact) mass is 335 g/mol. The Morgan fingerprint density at radius 2 is 1.80 bits per heavy atom. The van der Waals surface area contributed by atoms with Gasteiger partial charge in [-0.3, -0.25) is 0 Å². The third-order valence-corrected chi connectivity index (χ3v) is 3.69. The summed E-state index contributed by atoms with van der Waals surface area (Å²) >= 11 is 3.55. The van der Waals surface area contributed by atoms with Gasteiger partial charge in [-0.05, 0) is 48.9 Å². The summed E-state index contributed by atoms with van der Waals surface area (Å²) in [4.78, 5) is 0. The predicted molar refractivity (Wildman–Crippen MR) is 84.2 cm³/mol. The largest absolute Gasteiger partial charge is 0.457 e. The van der Waals surface area contributed by atoms with Crippen molar-refractivity contribution >= 4 is 15.9 Å². The van der Waals surface area contributed by atoms with Crippen LogP contribution < -0.4 is 10.1 Å². The van der Waals surface area contributed by atoms with Crippen molar-refractivity contribution in [3.63, 3.8) is 0 Å². The Labute approximate surface area is 127 Å². The smallest absolute Gasteiger partial charge is 0.128 e. The average molecular weight is 336 g/mol. The highest BCUT2D eigenvalue weighted by Gasteiger charge is 2.03. The minimum Gasteiger partial charge on any atom is -0.457 e. The van der Waals surface area contributed by atoms with Crippen molar-refractivity contribution in [2.75, 3.05) is 13.7 Å². The van der Waals surface area contributed by atoms with Gasteiger partial charge in [-0.2, -0.15) is 0 Å². The fourth-order valence-electron chi connectivity index (χ4n) is 1.91. The Kier molecular flexibility index (Phi) is 5.59. The van der Waals surface area contributed by atoms with Crippen LogP contribution in [0.25, 0.3) is 0 Å². The van der Waals surface area contributed by atoms with Gasteiger partial charge < -0.3 is 15.2 Å². The van der Waals surface area contributed by atoms with Gasteiger partial charge in [0.2, 0.25) is 0 Å². The molecule has 2 aromatic carbocycles. The SMILES string of the molecule is CNCc1ccc(Oc2ccc(CCO)cc2)cc1Br. The molecule has 20 heavy (non-hydrogen) atoms. The van der Waals surface area contributed by atoms with E-state index in [1.807, 2.05) is 49.5 Å². The second-order valence-corrected chi connectivity index (χ2v) is 5.36. The summed E-state index contributed by atoms with van der Waals surface area (Å²) in [6, 6.07) is 13.7. The van der Waals surface area contributed by atoms with Gasteiger partial charge >= 0.3 is 0 Å². The summed E-state index contributed by atoms with van der Waals surface area (Å²) in [6.45, 7) is 0.983. The normalized spacial score (nSPS) is 10.6. The van der Waals surface area contributed by atoms with E-state index in [1.54, 1.807) is 0 Å². The number of hydrogen-bond acceptors (Lipinski definition) is 3. The molecule has 0 aliphatic carbocycles. The first-order valence-corrected chi connectivity index (χ1v) is 7.33. The van der Waals surface area contributed by atoms with E-state index in [1.165, 1.54) is 5.56 Å². The zero-order chi connectivity index (χ0) is 14.4. The van der Waals surface area contributed by atoms with Crippen LogP contribution in [0.5, 0.6) is 11.5 Å². The summed E-state index contributed by atoms with van der Waals surface area (Å²) in [5.74, 6) is 1.59. The molecule has 0 aromatic heterocycles. The van der Waals surface area contributed by atoms with Gasteiger partial charge in [0.15, 0.2) is 0 Å². The van der Waals surface area contributed by atoms with E-state index in [0.29, 0.717) is 6.42 Å². The Balaban J connectivity index is 2.07. The van der Waals surface area contributed by atoms with Gasteiger partial charge in [-0.1, -0.05) is 34.1 Å².